The third-order valence-electron chi connectivity index (χ3n) is 6.28. The smallest absolute Gasteiger partial charge is 0.240 e. The first-order valence-corrected chi connectivity index (χ1v) is 13.3. The average molecular weight is 497 g/mol. The molecule has 32 heavy (non-hydrogen) atoms. The summed E-state index contributed by atoms with van der Waals surface area (Å²) in [4.78, 5) is 13.3. The number of halogens is 2. The zero-order chi connectivity index (χ0) is 23.0. The summed E-state index contributed by atoms with van der Waals surface area (Å²) in [5, 5.41) is 14.6. The summed E-state index contributed by atoms with van der Waals surface area (Å²) in [5.41, 5.74) is 2.34. The van der Waals surface area contributed by atoms with E-state index in [1.165, 1.54) is 6.26 Å². The van der Waals surface area contributed by atoms with Gasteiger partial charge < -0.3 is 5.11 Å². The molecule has 9 heteroatoms. The molecule has 6 nitrogen and oxygen atoms in total. The summed E-state index contributed by atoms with van der Waals surface area (Å²) in [6.45, 7) is 2.04. The second-order valence-electron chi connectivity index (χ2n) is 8.55. The normalized spacial score (nSPS) is 20.8. The highest BCUT2D eigenvalue weighted by Crippen LogP contribution is 2.36. The maximum atomic E-state index is 13.0. The number of aliphatic hydroxyl groups is 1. The van der Waals surface area contributed by atoms with Crippen molar-refractivity contribution < 1.29 is 18.3 Å². The molecule has 1 amide bonds. The molecule has 2 fully saturated rings. The molecule has 0 aliphatic carbocycles. The highest BCUT2D eigenvalue weighted by molar-refractivity contribution is 7.90. The number of nitrogens with zero attached hydrogens (tertiary/aromatic N) is 2. The van der Waals surface area contributed by atoms with Crippen LogP contribution in [0.3, 0.4) is 0 Å². The maximum Gasteiger partial charge on any atom is 0.240 e. The molecule has 2 aliphatic rings. The summed E-state index contributed by atoms with van der Waals surface area (Å²) >= 11 is 13.1. The predicted octanol–water partition coefficient (Wildman–Crippen LogP) is 3.83. The Kier molecular flexibility index (Phi) is 6.84. The number of hydrogen-bond acceptors (Lipinski definition) is 5. The molecule has 0 spiro atoms. The summed E-state index contributed by atoms with van der Waals surface area (Å²) in [6.07, 6.45) is 3.46. The third-order valence-corrected chi connectivity index (χ3v) is 8.09. The molecule has 2 aromatic carbocycles. The molecule has 0 aromatic heterocycles. The molecule has 0 bridgehead atoms. The van der Waals surface area contributed by atoms with Gasteiger partial charge in [-0.1, -0.05) is 35.3 Å². The molecule has 2 aliphatic heterocycles. The molecular weight excluding hydrogens is 471 g/mol. The van der Waals surface area contributed by atoms with E-state index in [0.29, 0.717) is 48.9 Å². The van der Waals surface area contributed by atoms with Gasteiger partial charge in [-0.15, -0.1) is 0 Å². The summed E-state index contributed by atoms with van der Waals surface area (Å²) in [5.74, 6) is -0.106. The van der Waals surface area contributed by atoms with Crippen LogP contribution in [0.4, 0.5) is 0 Å². The minimum Gasteiger partial charge on any atom is -0.393 e. The molecule has 172 valence electrons. The van der Waals surface area contributed by atoms with Gasteiger partial charge in [-0.05, 0) is 66.6 Å². The highest BCUT2D eigenvalue weighted by atomic mass is 35.5. The van der Waals surface area contributed by atoms with Crippen molar-refractivity contribution in [3.8, 4) is 11.1 Å². The minimum absolute atomic E-state index is 0.0777. The molecule has 4 rings (SSSR count). The fourth-order valence-corrected chi connectivity index (χ4v) is 5.66. The second-order valence-corrected chi connectivity index (χ2v) is 11.4. The SMILES string of the molecule is CS(=O)(=O)c1ccc(-c2cc(Cl)c(CC3CCN(N4CCC(O)CC4)C3=O)c(Cl)c2)cc1. The van der Waals surface area contributed by atoms with Gasteiger partial charge >= 0.3 is 0 Å². The van der Waals surface area contributed by atoms with Gasteiger partial charge in [-0.25, -0.2) is 13.4 Å². The number of sulfone groups is 1. The number of carbonyl (C=O) groups excluding carboxylic acids is 1. The lowest BCUT2D eigenvalue weighted by atomic mass is 9.95. The number of aliphatic hydroxyl groups excluding tert-OH is 1. The molecule has 1 atom stereocenters. The number of piperidine rings is 1. The van der Waals surface area contributed by atoms with Crippen molar-refractivity contribution in [2.45, 2.75) is 36.7 Å². The first kappa shape index (κ1) is 23.5. The van der Waals surface area contributed by atoms with Crippen molar-refractivity contribution in [2.75, 3.05) is 25.9 Å². The van der Waals surface area contributed by atoms with Gasteiger partial charge in [-0.3, -0.25) is 9.80 Å². The Balaban J connectivity index is 1.49. The van der Waals surface area contributed by atoms with Crippen LogP contribution in [0.5, 0.6) is 0 Å². The Morgan fingerprint density at radius 3 is 2.12 bits per heavy atom. The van der Waals surface area contributed by atoms with Gasteiger partial charge in [0.15, 0.2) is 9.84 Å². The average Bonchev–Trinajstić information content (AvgIpc) is 3.11. The molecule has 2 heterocycles. The minimum atomic E-state index is -3.26. The zero-order valence-corrected chi connectivity index (χ0v) is 20.1. The number of carbonyl (C=O) groups is 1. The molecule has 1 unspecified atom stereocenters. The summed E-state index contributed by atoms with van der Waals surface area (Å²) in [7, 11) is -3.26. The maximum absolute atomic E-state index is 13.0. The van der Waals surface area contributed by atoms with Crippen molar-refractivity contribution in [3.63, 3.8) is 0 Å². The Hall–Kier alpha value is -1.64. The summed E-state index contributed by atoms with van der Waals surface area (Å²) < 4.78 is 23.4. The van der Waals surface area contributed by atoms with Crippen LogP contribution in [-0.4, -0.2) is 61.4 Å². The van der Waals surface area contributed by atoms with E-state index in [4.69, 9.17) is 23.2 Å². The van der Waals surface area contributed by atoms with Crippen LogP contribution in [0.1, 0.15) is 24.8 Å². The van der Waals surface area contributed by atoms with Gasteiger partial charge in [0.2, 0.25) is 5.91 Å². The molecule has 1 N–H and O–H groups in total. The number of amides is 1. The fourth-order valence-electron chi connectivity index (χ4n) is 4.39. The fraction of sp³-hybridized carbons (Fsp3) is 0.435. The zero-order valence-electron chi connectivity index (χ0n) is 17.8. The van der Waals surface area contributed by atoms with E-state index >= 15 is 0 Å². The Labute approximate surface area is 198 Å². The third kappa shape index (κ3) is 4.97. The topological polar surface area (TPSA) is 77.9 Å². The Morgan fingerprint density at radius 2 is 1.56 bits per heavy atom. The highest BCUT2D eigenvalue weighted by Gasteiger charge is 2.37. The molecule has 2 saturated heterocycles. The van der Waals surface area contributed by atoms with E-state index in [9.17, 15) is 18.3 Å². The first-order valence-electron chi connectivity index (χ1n) is 10.7. The van der Waals surface area contributed by atoms with E-state index in [-0.39, 0.29) is 22.8 Å². The molecular formula is C23H26Cl2N2O4S. The lowest BCUT2D eigenvalue weighted by Crippen LogP contribution is -2.49. The second kappa shape index (κ2) is 9.31. The van der Waals surface area contributed by atoms with E-state index in [0.717, 1.165) is 23.1 Å². The van der Waals surface area contributed by atoms with Crippen LogP contribution in [0.2, 0.25) is 10.0 Å². The molecule has 2 aromatic rings. The number of hydrogen-bond donors (Lipinski definition) is 1. The van der Waals surface area contributed by atoms with Crippen LogP contribution >= 0.6 is 23.2 Å². The van der Waals surface area contributed by atoms with Crippen LogP contribution in [0, 0.1) is 5.92 Å². The van der Waals surface area contributed by atoms with Crippen LogP contribution in [-0.2, 0) is 21.1 Å². The van der Waals surface area contributed by atoms with Crippen molar-refractivity contribution in [2.24, 2.45) is 5.92 Å². The van der Waals surface area contributed by atoms with Gasteiger partial charge in [0.05, 0.1) is 11.0 Å². The Morgan fingerprint density at radius 1 is 0.969 bits per heavy atom. The van der Waals surface area contributed by atoms with E-state index in [1.54, 1.807) is 36.4 Å². The van der Waals surface area contributed by atoms with E-state index in [2.05, 4.69) is 0 Å². The largest absolute Gasteiger partial charge is 0.393 e. The monoisotopic (exact) mass is 496 g/mol. The van der Waals surface area contributed by atoms with Crippen molar-refractivity contribution in [3.05, 3.63) is 52.0 Å². The van der Waals surface area contributed by atoms with Crippen LogP contribution in [0.25, 0.3) is 11.1 Å². The van der Waals surface area contributed by atoms with Gasteiger partial charge in [0.1, 0.15) is 0 Å². The van der Waals surface area contributed by atoms with Gasteiger partial charge in [-0.2, -0.15) is 0 Å². The lowest BCUT2D eigenvalue weighted by molar-refractivity contribution is -0.149. The Bertz CT molecular complexity index is 1090. The molecule has 0 saturated carbocycles. The van der Waals surface area contributed by atoms with Crippen LogP contribution < -0.4 is 0 Å². The van der Waals surface area contributed by atoms with Gasteiger partial charge in [0.25, 0.3) is 0 Å². The number of rotatable bonds is 5. The molecule has 0 radical (unpaired) electrons. The van der Waals surface area contributed by atoms with Crippen molar-refractivity contribution in [1.82, 2.24) is 10.0 Å². The standard InChI is InChI=1S/C23H26Cl2N2O4S/c1-32(30,31)19-4-2-15(3-5-19)17-13-21(24)20(22(25)14-17)12-16-6-11-27(23(16)29)26-9-7-18(28)8-10-26/h2-5,13-14,16,18,28H,6-12H2,1H3. The van der Waals surface area contributed by atoms with Crippen LogP contribution in [0.15, 0.2) is 41.3 Å². The van der Waals surface area contributed by atoms with E-state index in [1.807, 2.05) is 10.0 Å². The van der Waals surface area contributed by atoms with E-state index < -0.39 is 9.84 Å². The summed E-state index contributed by atoms with van der Waals surface area (Å²) in [6, 6.07) is 10.2. The number of hydrazine groups is 1. The van der Waals surface area contributed by atoms with Crippen molar-refractivity contribution >= 4 is 38.9 Å². The quantitative estimate of drug-likeness (QED) is 0.680. The first-order chi connectivity index (χ1) is 15.1. The number of benzene rings is 2. The van der Waals surface area contributed by atoms with Gasteiger partial charge in [0, 0.05) is 41.9 Å². The van der Waals surface area contributed by atoms with Crippen molar-refractivity contribution in [1.29, 1.82) is 0 Å². The predicted molar refractivity (Wildman–Crippen MR) is 125 cm³/mol. The lowest BCUT2D eigenvalue weighted by Gasteiger charge is -2.36.